The second-order valence-electron chi connectivity index (χ2n) is 5.08. The van der Waals surface area contributed by atoms with Crippen LogP contribution in [0.2, 0.25) is 0 Å². The van der Waals surface area contributed by atoms with Gasteiger partial charge in [0.2, 0.25) is 5.91 Å². The van der Waals surface area contributed by atoms with Crippen LogP contribution >= 0.6 is 0 Å². The minimum atomic E-state index is -0.142. The number of hydrogen-bond donors (Lipinski definition) is 2. The number of benzene rings is 2. The van der Waals surface area contributed by atoms with Crippen molar-refractivity contribution in [1.29, 1.82) is 0 Å². The fraction of sp³-hybridized carbons (Fsp3) is 0.222. The van der Waals surface area contributed by atoms with Crippen molar-refractivity contribution < 1.29 is 14.3 Å². The quantitative estimate of drug-likeness (QED) is 0.856. The summed E-state index contributed by atoms with van der Waals surface area (Å²) in [6.45, 7) is 0.389. The summed E-state index contributed by atoms with van der Waals surface area (Å²) in [5, 5.41) is 5.44. The van der Waals surface area contributed by atoms with Crippen LogP contribution in [0.25, 0.3) is 0 Å². The van der Waals surface area contributed by atoms with Gasteiger partial charge in [-0.2, -0.15) is 0 Å². The molecule has 2 amide bonds. The summed E-state index contributed by atoms with van der Waals surface area (Å²) in [6.07, 6.45) is 0.305. The van der Waals surface area contributed by atoms with Crippen molar-refractivity contribution in [1.82, 2.24) is 10.6 Å². The number of nitrogens with one attached hydrogen (secondary N) is 2. The largest absolute Gasteiger partial charge is 0.497 e. The minimum Gasteiger partial charge on any atom is -0.497 e. The summed E-state index contributed by atoms with van der Waals surface area (Å²) >= 11 is 0. The highest BCUT2D eigenvalue weighted by molar-refractivity contribution is 5.94. The lowest BCUT2D eigenvalue weighted by atomic mass is 10.1. The minimum absolute atomic E-state index is 0.0690. The zero-order valence-electron chi connectivity index (χ0n) is 13.3. The van der Waals surface area contributed by atoms with E-state index < -0.39 is 0 Å². The van der Waals surface area contributed by atoms with Crippen LogP contribution in [0.3, 0.4) is 0 Å². The van der Waals surface area contributed by atoms with Crippen LogP contribution in [0.5, 0.6) is 5.75 Å². The van der Waals surface area contributed by atoms with E-state index in [9.17, 15) is 9.59 Å². The molecule has 0 atom stereocenters. The molecule has 2 rings (SSSR count). The van der Waals surface area contributed by atoms with Gasteiger partial charge in [-0.25, -0.2) is 0 Å². The van der Waals surface area contributed by atoms with Crippen molar-refractivity contribution in [3.05, 3.63) is 65.2 Å². The molecule has 0 radical (unpaired) electrons. The van der Waals surface area contributed by atoms with Crippen LogP contribution in [0, 0.1) is 0 Å². The highest BCUT2D eigenvalue weighted by Gasteiger charge is 2.06. The molecule has 2 aromatic rings. The van der Waals surface area contributed by atoms with Crippen molar-refractivity contribution in [2.75, 3.05) is 14.2 Å². The maximum absolute atomic E-state index is 12.0. The summed E-state index contributed by atoms with van der Waals surface area (Å²) in [5.74, 6) is 0.553. The first kappa shape index (κ1) is 16.5. The van der Waals surface area contributed by atoms with Gasteiger partial charge < -0.3 is 15.4 Å². The number of rotatable bonds is 6. The molecule has 5 heteroatoms. The zero-order chi connectivity index (χ0) is 16.7. The van der Waals surface area contributed by atoms with E-state index >= 15 is 0 Å². The molecule has 0 saturated heterocycles. The molecule has 2 aromatic carbocycles. The summed E-state index contributed by atoms with van der Waals surface area (Å²) in [4.78, 5) is 23.6. The number of carbonyl (C=O) groups excluding carboxylic acids is 2. The Morgan fingerprint density at radius 3 is 2.43 bits per heavy atom. The topological polar surface area (TPSA) is 67.4 Å². The third-order valence-electron chi connectivity index (χ3n) is 3.43. The van der Waals surface area contributed by atoms with E-state index in [4.69, 9.17) is 4.74 Å². The zero-order valence-corrected chi connectivity index (χ0v) is 13.3. The van der Waals surface area contributed by atoms with Gasteiger partial charge in [-0.3, -0.25) is 9.59 Å². The van der Waals surface area contributed by atoms with Crippen molar-refractivity contribution in [2.24, 2.45) is 0 Å². The molecule has 0 aromatic heterocycles. The van der Waals surface area contributed by atoms with Gasteiger partial charge in [0.05, 0.1) is 13.5 Å². The Labute approximate surface area is 135 Å². The van der Waals surface area contributed by atoms with Gasteiger partial charge >= 0.3 is 0 Å². The Kier molecular flexibility index (Phi) is 5.74. The standard InChI is InChI=1S/C18H20N2O3/c1-19-18(22)15-5-3-4-14(10-15)12-20-17(21)11-13-6-8-16(23-2)9-7-13/h3-10H,11-12H2,1-2H3,(H,19,22)(H,20,21). The van der Waals surface area contributed by atoms with Crippen molar-refractivity contribution in [2.45, 2.75) is 13.0 Å². The molecule has 5 nitrogen and oxygen atoms in total. The van der Waals surface area contributed by atoms with Gasteiger partial charge in [0.25, 0.3) is 5.91 Å². The van der Waals surface area contributed by atoms with Crippen molar-refractivity contribution in [3.63, 3.8) is 0 Å². The Balaban J connectivity index is 1.89. The van der Waals surface area contributed by atoms with Crippen LogP contribution < -0.4 is 15.4 Å². The Morgan fingerprint density at radius 1 is 1.04 bits per heavy atom. The fourth-order valence-corrected chi connectivity index (χ4v) is 2.16. The molecular weight excluding hydrogens is 292 g/mol. The Hall–Kier alpha value is -2.82. The van der Waals surface area contributed by atoms with Crippen LogP contribution in [-0.4, -0.2) is 26.0 Å². The first-order valence-electron chi connectivity index (χ1n) is 7.33. The highest BCUT2D eigenvalue weighted by atomic mass is 16.5. The fourth-order valence-electron chi connectivity index (χ4n) is 2.16. The molecule has 0 aliphatic heterocycles. The number of amides is 2. The van der Waals surface area contributed by atoms with Gasteiger partial charge in [-0.1, -0.05) is 24.3 Å². The Bertz CT molecular complexity index is 681. The lowest BCUT2D eigenvalue weighted by Gasteiger charge is -2.07. The normalized spacial score (nSPS) is 10.0. The number of methoxy groups -OCH3 is 1. The van der Waals surface area contributed by atoms with E-state index in [2.05, 4.69) is 10.6 Å². The number of hydrogen-bond acceptors (Lipinski definition) is 3. The van der Waals surface area contributed by atoms with Gasteiger partial charge in [0.15, 0.2) is 0 Å². The molecule has 0 bridgehead atoms. The predicted molar refractivity (Wildman–Crippen MR) is 88.4 cm³/mol. The average molecular weight is 312 g/mol. The van der Waals surface area contributed by atoms with Crippen LogP contribution in [0.4, 0.5) is 0 Å². The van der Waals surface area contributed by atoms with Crippen LogP contribution in [0.15, 0.2) is 48.5 Å². The van der Waals surface area contributed by atoms with E-state index in [1.165, 1.54) is 0 Å². The lowest BCUT2D eigenvalue weighted by molar-refractivity contribution is -0.120. The van der Waals surface area contributed by atoms with Crippen molar-refractivity contribution >= 4 is 11.8 Å². The highest BCUT2D eigenvalue weighted by Crippen LogP contribution is 2.11. The third-order valence-corrected chi connectivity index (χ3v) is 3.43. The van der Waals surface area contributed by atoms with Crippen LogP contribution in [-0.2, 0) is 17.8 Å². The molecule has 120 valence electrons. The van der Waals surface area contributed by atoms with Gasteiger partial charge in [-0.05, 0) is 35.4 Å². The van der Waals surface area contributed by atoms with E-state index in [-0.39, 0.29) is 11.8 Å². The third kappa shape index (κ3) is 4.85. The van der Waals surface area contributed by atoms with E-state index in [1.54, 1.807) is 32.4 Å². The molecule has 0 aliphatic carbocycles. The predicted octanol–water partition coefficient (Wildman–Crippen LogP) is 1.91. The van der Waals surface area contributed by atoms with E-state index in [1.807, 2.05) is 30.3 Å². The molecule has 0 spiro atoms. The molecule has 0 fully saturated rings. The first-order valence-corrected chi connectivity index (χ1v) is 7.33. The van der Waals surface area contributed by atoms with E-state index in [0.717, 1.165) is 16.9 Å². The summed E-state index contributed by atoms with van der Waals surface area (Å²) in [6, 6.07) is 14.6. The van der Waals surface area contributed by atoms with Gasteiger partial charge in [0, 0.05) is 19.2 Å². The molecule has 2 N–H and O–H groups in total. The molecule has 0 unspecified atom stereocenters. The first-order chi connectivity index (χ1) is 11.1. The molecule has 0 aliphatic rings. The second kappa shape index (κ2) is 7.98. The molecule has 0 saturated carbocycles. The summed E-state index contributed by atoms with van der Waals surface area (Å²) in [7, 11) is 3.19. The van der Waals surface area contributed by atoms with Crippen molar-refractivity contribution in [3.8, 4) is 5.75 Å². The Morgan fingerprint density at radius 2 is 1.78 bits per heavy atom. The average Bonchev–Trinajstić information content (AvgIpc) is 2.60. The van der Waals surface area contributed by atoms with E-state index in [0.29, 0.717) is 18.5 Å². The van der Waals surface area contributed by atoms with Gasteiger partial charge in [0.1, 0.15) is 5.75 Å². The van der Waals surface area contributed by atoms with Gasteiger partial charge in [-0.15, -0.1) is 0 Å². The second-order valence-corrected chi connectivity index (χ2v) is 5.08. The maximum atomic E-state index is 12.0. The number of ether oxygens (including phenoxy) is 1. The molecular formula is C18H20N2O3. The monoisotopic (exact) mass is 312 g/mol. The molecule has 0 heterocycles. The lowest BCUT2D eigenvalue weighted by Crippen LogP contribution is -2.25. The van der Waals surface area contributed by atoms with Crippen LogP contribution in [0.1, 0.15) is 21.5 Å². The smallest absolute Gasteiger partial charge is 0.251 e. The SMILES string of the molecule is CNC(=O)c1cccc(CNC(=O)Cc2ccc(OC)cc2)c1. The molecule has 23 heavy (non-hydrogen) atoms. The summed E-state index contributed by atoms with van der Waals surface area (Å²) in [5.41, 5.74) is 2.38. The summed E-state index contributed by atoms with van der Waals surface area (Å²) < 4.78 is 5.09. The maximum Gasteiger partial charge on any atom is 0.251 e. The number of carbonyl (C=O) groups is 2.